The first-order valence-electron chi connectivity index (χ1n) is 5.46. The number of hydrogen-bond acceptors (Lipinski definition) is 3. The number of hydrogen-bond donors (Lipinski definition) is 2. The number of rotatable bonds is 2. The summed E-state index contributed by atoms with van der Waals surface area (Å²) in [6, 6.07) is 4.49. The van der Waals surface area contributed by atoms with Gasteiger partial charge in [0.15, 0.2) is 0 Å². The van der Waals surface area contributed by atoms with E-state index in [-0.39, 0.29) is 0 Å². The first-order valence-corrected chi connectivity index (χ1v) is 5.46. The SMILES string of the molecule is C/C(N)=C/N(N)c1ccc(C(F)(F)F)cc1.CC. The van der Waals surface area contributed by atoms with Crippen LogP contribution in [0.2, 0.25) is 0 Å². The molecule has 0 bridgehead atoms. The van der Waals surface area contributed by atoms with Crippen LogP contribution in [0.5, 0.6) is 0 Å². The Labute approximate surface area is 105 Å². The lowest BCUT2D eigenvalue weighted by molar-refractivity contribution is -0.137. The molecule has 1 aromatic carbocycles. The average molecular weight is 261 g/mol. The number of nitrogens with zero attached hydrogens (tertiary/aromatic N) is 1. The van der Waals surface area contributed by atoms with Crippen molar-refractivity contribution in [3.8, 4) is 0 Å². The summed E-state index contributed by atoms with van der Waals surface area (Å²) in [5.74, 6) is 5.55. The van der Waals surface area contributed by atoms with Crippen LogP contribution in [-0.4, -0.2) is 0 Å². The lowest BCUT2D eigenvalue weighted by Crippen LogP contribution is -2.25. The normalized spacial score (nSPS) is 11.6. The summed E-state index contributed by atoms with van der Waals surface area (Å²) in [4.78, 5) is 0. The van der Waals surface area contributed by atoms with Gasteiger partial charge in [0.05, 0.1) is 11.3 Å². The number of anilines is 1. The molecule has 1 aromatic rings. The molecule has 0 fully saturated rings. The van der Waals surface area contributed by atoms with Gasteiger partial charge in [-0.25, -0.2) is 5.84 Å². The highest BCUT2D eigenvalue weighted by atomic mass is 19.4. The second-order valence-electron chi connectivity index (χ2n) is 3.33. The van der Waals surface area contributed by atoms with Crippen molar-refractivity contribution in [1.29, 1.82) is 0 Å². The van der Waals surface area contributed by atoms with Crippen molar-refractivity contribution < 1.29 is 13.2 Å². The van der Waals surface area contributed by atoms with Gasteiger partial charge in [-0.3, -0.25) is 5.01 Å². The minimum Gasteiger partial charge on any atom is -0.401 e. The molecule has 0 unspecified atom stereocenters. The number of halogens is 3. The highest BCUT2D eigenvalue weighted by Gasteiger charge is 2.29. The maximum atomic E-state index is 12.3. The monoisotopic (exact) mass is 261 g/mol. The van der Waals surface area contributed by atoms with E-state index in [1.165, 1.54) is 18.3 Å². The van der Waals surface area contributed by atoms with Gasteiger partial charge in [0.25, 0.3) is 0 Å². The summed E-state index contributed by atoms with van der Waals surface area (Å²) in [7, 11) is 0. The second-order valence-corrected chi connectivity index (χ2v) is 3.33. The Bertz CT molecular complexity index is 379. The average Bonchev–Trinajstić information content (AvgIpc) is 2.30. The Morgan fingerprint density at radius 2 is 1.61 bits per heavy atom. The van der Waals surface area contributed by atoms with Crippen molar-refractivity contribution in [3.63, 3.8) is 0 Å². The molecule has 0 aromatic heterocycles. The summed E-state index contributed by atoms with van der Waals surface area (Å²) in [6.45, 7) is 5.63. The van der Waals surface area contributed by atoms with E-state index in [2.05, 4.69) is 0 Å². The van der Waals surface area contributed by atoms with Crippen LogP contribution in [0.15, 0.2) is 36.2 Å². The molecule has 4 N–H and O–H groups in total. The van der Waals surface area contributed by atoms with Gasteiger partial charge in [-0.05, 0) is 31.2 Å². The Kier molecular flexibility index (Phi) is 6.26. The van der Waals surface area contributed by atoms with Crippen molar-refractivity contribution in [2.45, 2.75) is 26.9 Å². The Morgan fingerprint density at radius 3 is 1.94 bits per heavy atom. The molecule has 6 heteroatoms. The summed E-state index contributed by atoms with van der Waals surface area (Å²) in [5, 5.41) is 1.16. The molecule has 0 radical (unpaired) electrons. The van der Waals surface area contributed by atoms with Gasteiger partial charge >= 0.3 is 6.18 Å². The summed E-state index contributed by atoms with van der Waals surface area (Å²) >= 11 is 0. The molecular weight excluding hydrogens is 243 g/mol. The number of hydrazine groups is 1. The van der Waals surface area contributed by atoms with Crippen molar-refractivity contribution >= 4 is 5.69 Å². The Balaban J connectivity index is 0.00000137. The third kappa shape index (κ3) is 5.09. The number of benzene rings is 1. The topological polar surface area (TPSA) is 55.3 Å². The van der Waals surface area contributed by atoms with E-state index in [9.17, 15) is 13.2 Å². The van der Waals surface area contributed by atoms with Gasteiger partial charge in [0, 0.05) is 11.9 Å². The maximum absolute atomic E-state index is 12.3. The van der Waals surface area contributed by atoms with Crippen LogP contribution >= 0.6 is 0 Å². The predicted octanol–water partition coefficient (Wildman–Crippen LogP) is 3.23. The largest absolute Gasteiger partial charge is 0.416 e. The predicted molar refractivity (Wildman–Crippen MR) is 67.4 cm³/mol. The van der Waals surface area contributed by atoms with Crippen LogP contribution in [0.3, 0.4) is 0 Å². The third-order valence-electron chi connectivity index (χ3n) is 1.84. The molecule has 0 amide bonds. The van der Waals surface area contributed by atoms with Crippen LogP contribution in [0.4, 0.5) is 18.9 Å². The lowest BCUT2D eigenvalue weighted by Gasteiger charge is -2.15. The zero-order valence-corrected chi connectivity index (χ0v) is 10.6. The highest BCUT2D eigenvalue weighted by molar-refractivity contribution is 5.49. The first-order chi connectivity index (χ1) is 8.30. The third-order valence-corrected chi connectivity index (χ3v) is 1.84. The van der Waals surface area contributed by atoms with Gasteiger partial charge in [-0.15, -0.1) is 0 Å². The van der Waals surface area contributed by atoms with E-state index in [1.54, 1.807) is 6.92 Å². The molecule has 0 aliphatic rings. The van der Waals surface area contributed by atoms with Crippen LogP contribution in [0.1, 0.15) is 26.3 Å². The van der Waals surface area contributed by atoms with Crippen LogP contribution in [0.25, 0.3) is 0 Å². The highest BCUT2D eigenvalue weighted by Crippen LogP contribution is 2.30. The number of allylic oxidation sites excluding steroid dienone is 1. The molecule has 0 spiro atoms. The molecule has 0 heterocycles. The zero-order valence-electron chi connectivity index (χ0n) is 10.6. The van der Waals surface area contributed by atoms with Crippen molar-refractivity contribution in [1.82, 2.24) is 0 Å². The lowest BCUT2D eigenvalue weighted by atomic mass is 10.2. The van der Waals surface area contributed by atoms with Crippen LogP contribution < -0.4 is 16.6 Å². The van der Waals surface area contributed by atoms with Crippen molar-refractivity contribution in [2.75, 3.05) is 5.01 Å². The zero-order chi connectivity index (χ0) is 14.3. The van der Waals surface area contributed by atoms with E-state index in [0.717, 1.165) is 17.1 Å². The van der Waals surface area contributed by atoms with Gasteiger partial charge in [0.1, 0.15) is 0 Å². The first kappa shape index (κ1) is 16.3. The molecule has 0 aliphatic carbocycles. The molecule has 0 saturated carbocycles. The molecular formula is C12H18F3N3. The van der Waals surface area contributed by atoms with E-state index in [0.29, 0.717) is 11.4 Å². The molecule has 3 nitrogen and oxygen atoms in total. The fourth-order valence-electron chi connectivity index (χ4n) is 1.12. The van der Waals surface area contributed by atoms with E-state index >= 15 is 0 Å². The van der Waals surface area contributed by atoms with Gasteiger partial charge < -0.3 is 5.73 Å². The molecule has 0 saturated heterocycles. The Hall–Kier alpha value is -1.69. The molecule has 0 atom stereocenters. The van der Waals surface area contributed by atoms with Gasteiger partial charge in [0.2, 0.25) is 0 Å². The smallest absolute Gasteiger partial charge is 0.401 e. The molecule has 0 aliphatic heterocycles. The standard InChI is InChI=1S/C10H12F3N3.C2H6/c1-7(14)6-16(15)9-4-2-8(3-5-9)10(11,12)13;1-2/h2-6H,14-15H2,1H3;1-2H3/b7-6-;. The quantitative estimate of drug-likeness (QED) is 0.634. The summed E-state index contributed by atoms with van der Waals surface area (Å²) < 4.78 is 36.8. The molecule has 18 heavy (non-hydrogen) atoms. The minimum atomic E-state index is -4.34. The van der Waals surface area contributed by atoms with Gasteiger partial charge in [-0.2, -0.15) is 13.2 Å². The van der Waals surface area contributed by atoms with E-state index in [4.69, 9.17) is 11.6 Å². The number of nitrogens with two attached hydrogens (primary N) is 2. The van der Waals surface area contributed by atoms with Crippen LogP contribution in [-0.2, 0) is 6.18 Å². The molecule has 1 rings (SSSR count). The maximum Gasteiger partial charge on any atom is 0.416 e. The van der Waals surface area contributed by atoms with E-state index in [1.807, 2.05) is 13.8 Å². The second kappa shape index (κ2) is 6.90. The summed E-state index contributed by atoms with van der Waals surface area (Å²) in [5.41, 5.74) is 5.57. The van der Waals surface area contributed by atoms with Gasteiger partial charge in [-0.1, -0.05) is 13.8 Å². The van der Waals surface area contributed by atoms with Crippen LogP contribution in [0, 0.1) is 0 Å². The minimum absolute atomic E-state index is 0.429. The fraction of sp³-hybridized carbons (Fsp3) is 0.333. The number of alkyl halides is 3. The van der Waals surface area contributed by atoms with E-state index < -0.39 is 11.7 Å². The fourth-order valence-corrected chi connectivity index (χ4v) is 1.12. The summed E-state index contributed by atoms with van der Waals surface area (Å²) in [6.07, 6.45) is -2.92. The Morgan fingerprint density at radius 1 is 1.17 bits per heavy atom. The van der Waals surface area contributed by atoms with Crippen molar-refractivity contribution in [3.05, 3.63) is 41.7 Å². The van der Waals surface area contributed by atoms with Crippen molar-refractivity contribution in [2.24, 2.45) is 11.6 Å². The molecule has 102 valence electrons.